The van der Waals surface area contributed by atoms with Crippen LogP contribution in [0.5, 0.6) is 0 Å². The van der Waals surface area contributed by atoms with E-state index < -0.39 is 11.9 Å². The van der Waals surface area contributed by atoms with Gasteiger partial charge in [-0.15, -0.1) is 11.3 Å². The molecule has 1 aliphatic carbocycles. The summed E-state index contributed by atoms with van der Waals surface area (Å²) in [6, 6.07) is 3.32. The molecule has 1 saturated carbocycles. The van der Waals surface area contributed by atoms with Gasteiger partial charge >= 0.3 is 6.03 Å². The first kappa shape index (κ1) is 19.2. The zero-order valence-corrected chi connectivity index (χ0v) is 17.5. The molecule has 0 radical (unpaired) electrons. The molecule has 158 valence electrons. The molecule has 4 amide bonds. The summed E-state index contributed by atoms with van der Waals surface area (Å²) < 4.78 is 1.57. The fourth-order valence-corrected chi connectivity index (χ4v) is 4.00. The average Bonchev–Trinajstić information content (AvgIpc) is 3.12. The van der Waals surface area contributed by atoms with Crippen molar-refractivity contribution in [3.05, 3.63) is 34.5 Å². The number of aromatic nitrogens is 4. The summed E-state index contributed by atoms with van der Waals surface area (Å²) in [7, 11) is 3.40. The van der Waals surface area contributed by atoms with Gasteiger partial charge in [-0.2, -0.15) is 14.6 Å². The lowest BCUT2D eigenvalue weighted by molar-refractivity contribution is -0.115. The molecule has 2 aliphatic rings. The van der Waals surface area contributed by atoms with Gasteiger partial charge in [0.1, 0.15) is 5.70 Å². The number of urea groups is 1. The van der Waals surface area contributed by atoms with Crippen LogP contribution in [-0.4, -0.2) is 62.5 Å². The highest BCUT2D eigenvalue weighted by Gasteiger charge is 2.26. The number of fused-ring (bicyclic) bond motifs is 1. The number of nitrogens with zero attached hydrogens (tertiary/aromatic N) is 5. The molecule has 12 heteroatoms. The highest BCUT2D eigenvalue weighted by atomic mass is 32.1. The second-order valence-corrected chi connectivity index (χ2v) is 8.54. The minimum atomic E-state index is -0.573. The molecule has 0 bridgehead atoms. The van der Waals surface area contributed by atoms with Gasteiger partial charge in [0.25, 0.3) is 11.8 Å². The first-order valence-corrected chi connectivity index (χ1v) is 10.4. The van der Waals surface area contributed by atoms with E-state index in [0.717, 1.165) is 17.7 Å². The Balaban J connectivity index is 1.60. The van der Waals surface area contributed by atoms with Gasteiger partial charge in [0.05, 0.1) is 16.0 Å². The second kappa shape index (κ2) is 7.16. The van der Waals surface area contributed by atoms with Gasteiger partial charge < -0.3 is 15.5 Å². The van der Waals surface area contributed by atoms with E-state index in [-0.39, 0.29) is 11.6 Å². The van der Waals surface area contributed by atoms with Gasteiger partial charge in [0.15, 0.2) is 11.5 Å². The number of nitrogens with one attached hydrogen (secondary N) is 3. The summed E-state index contributed by atoms with van der Waals surface area (Å²) >= 11 is 1.31. The number of hydrogen-bond donors (Lipinski definition) is 3. The number of carbonyl (C=O) groups is 3. The molecular formula is C19H18N8O3S. The smallest absolute Gasteiger partial charge is 0.326 e. The molecule has 5 rings (SSSR count). The third-order valence-electron chi connectivity index (χ3n) is 4.77. The normalized spacial score (nSPS) is 17.2. The lowest BCUT2D eigenvalue weighted by Gasteiger charge is -2.08. The molecule has 1 saturated heterocycles. The molecule has 11 nitrogen and oxygen atoms in total. The Morgan fingerprint density at radius 2 is 2.06 bits per heavy atom. The van der Waals surface area contributed by atoms with E-state index in [1.165, 1.54) is 22.3 Å². The van der Waals surface area contributed by atoms with Crippen LogP contribution in [-0.2, 0) is 4.79 Å². The van der Waals surface area contributed by atoms with E-state index >= 15 is 0 Å². The van der Waals surface area contributed by atoms with E-state index in [1.54, 1.807) is 30.9 Å². The zero-order valence-electron chi connectivity index (χ0n) is 16.7. The Morgan fingerprint density at radius 1 is 1.26 bits per heavy atom. The third kappa shape index (κ3) is 3.61. The monoisotopic (exact) mass is 438 g/mol. The number of amides is 4. The molecule has 0 unspecified atom stereocenters. The second-order valence-electron chi connectivity index (χ2n) is 7.45. The van der Waals surface area contributed by atoms with Crippen molar-refractivity contribution in [2.75, 3.05) is 19.4 Å². The molecule has 3 aromatic heterocycles. The molecule has 3 aromatic rings. The Bertz CT molecular complexity index is 1270. The van der Waals surface area contributed by atoms with Crippen LogP contribution in [0.4, 0.5) is 10.7 Å². The number of imide groups is 1. The molecule has 0 spiro atoms. The molecule has 4 heterocycles. The van der Waals surface area contributed by atoms with Crippen LogP contribution in [0.25, 0.3) is 22.4 Å². The van der Waals surface area contributed by atoms with Crippen LogP contribution in [0.1, 0.15) is 28.1 Å². The maximum absolute atomic E-state index is 12.3. The number of hydrogen-bond acceptors (Lipinski definition) is 8. The Labute approximate surface area is 180 Å². The lowest BCUT2D eigenvalue weighted by Crippen LogP contribution is -2.22. The molecule has 3 N–H and O–H groups in total. The summed E-state index contributed by atoms with van der Waals surface area (Å²) in [5.74, 6) is 0.367. The maximum Gasteiger partial charge on any atom is 0.326 e. The summed E-state index contributed by atoms with van der Waals surface area (Å²) in [5.41, 5.74) is 1.14. The van der Waals surface area contributed by atoms with E-state index in [2.05, 4.69) is 31.0 Å². The molecule has 1 aliphatic heterocycles. The number of rotatable bonds is 5. The van der Waals surface area contributed by atoms with Crippen molar-refractivity contribution in [1.82, 2.24) is 35.1 Å². The van der Waals surface area contributed by atoms with Gasteiger partial charge in [-0.3, -0.25) is 14.9 Å². The maximum atomic E-state index is 12.3. The molecule has 31 heavy (non-hydrogen) atoms. The highest BCUT2D eigenvalue weighted by Crippen LogP contribution is 2.30. The summed E-state index contributed by atoms with van der Waals surface area (Å²) in [6.45, 7) is 0. The predicted molar refractivity (Wildman–Crippen MR) is 113 cm³/mol. The molecule has 0 aromatic carbocycles. The van der Waals surface area contributed by atoms with Gasteiger partial charge in [-0.05, 0) is 31.1 Å². The quantitative estimate of drug-likeness (QED) is 0.404. The fourth-order valence-electron chi connectivity index (χ4n) is 3.04. The van der Waals surface area contributed by atoms with Crippen LogP contribution >= 0.6 is 11.3 Å². The van der Waals surface area contributed by atoms with Crippen molar-refractivity contribution in [2.24, 2.45) is 0 Å². The van der Waals surface area contributed by atoms with Crippen LogP contribution in [0, 0.1) is 0 Å². The SMILES string of the molecule is CN(C)C(=O)c1ccc(-c2nc(NC3CC3)n3ncc(/C=C4\NC(=O)NC4=O)c3n2)s1. The number of anilines is 1. The van der Waals surface area contributed by atoms with Crippen LogP contribution in [0.3, 0.4) is 0 Å². The molecule has 0 atom stereocenters. The van der Waals surface area contributed by atoms with Gasteiger partial charge in [-0.25, -0.2) is 9.78 Å². The van der Waals surface area contributed by atoms with Crippen LogP contribution in [0.2, 0.25) is 0 Å². The summed E-state index contributed by atoms with van der Waals surface area (Å²) in [6.07, 6.45) is 5.18. The van der Waals surface area contributed by atoms with E-state index in [9.17, 15) is 14.4 Å². The van der Waals surface area contributed by atoms with E-state index in [1.807, 2.05) is 6.07 Å². The standard InChI is InChI=1S/C19H18N8O3S/c1-26(2)17(29)13-6-5-12(31-13)14-23-15-9(7-11-16(28)25-19(30)22-11)8-20-27(15)18(24-14)21-10-3-4-10/h5-8,10H,3-4H2,1-2H3,(H,21,23,24)(H2,22,25,28,30)/b11-7-. The van der Waals surface area contributed by atoms with Crippen molar-refractivity contribution < 1.29 is 14.4 Å². The number of carbonyl (C=O) groups excluding carboxylic acids is 3. The predicted octanol–water partition coefficient (Wildman–Crippen LogP) is 1.31. The minimum Gasteiger partial charge on any atom is -0.351 e. The summed E-state index contributed by atoms with van der Waals surface area (Å²) in [4.78, 5) is 47.7. The topological polar surface area (TPSA) is 134 Å². The van der Waals surface area contributed by atoms with Crippen molar-refractivity contribution in [2.45, 2.75) is 18.9 Å². The van der Waals surface area contributed by atoms with Gasteiger partial charge in [-0.1, -0.05) is 0 Å². The Kier molecular flexibility index (Phi) is 4.43. The van der Waals surface area contributed by atoms with E-state index in [0.29, 0.717) is 33.9 Å². The van der Waals surface area contributed by atoms with E-state index in [4.69, 9.17) is 0 Å². The minimum absolute atomic E-state index is 0.0913. The Hall–Kier alpha value is -3.80. The van der Waals surface area contributed by atoms with Crippen molar-refractivity contribution in [1.29, 1.82) is 0 Å². The average molecular weight is 438 g/mol. The lowest BCUT2D eigenvalue weighted by atomic mass is 10.2. The van der Waals surface area contributed by atoms with Gasteiger partial charge in [0.2, 0.25) is 5.95 Å². The first-order chi connectivity index (χ1) is 14.9. The fraction of sp³-hybridized carbons (Fsp3) is 0.263. The van der Waals surface area contributed by atoms with Gasteiger partial charge in [0, 0.05) is 25.7 Å². The third-order valence-corrected chi connectivity index (χ3v) is 5.84. The largest absolute Gasteiger partial charge is 0.351 e. The van der Waals surface area contributed by atoms with Crippen LogP contribution in [0.15, 0.2) is 24.0 Å². The highest BCUT2D eigenvalue weighted by molar-refractivity contribution is 7.17. The van der Waals surface area contributed by atoms with Crippen molar-refractivity contribution >= 4 is 46.9 Å². The Morgan fingerprint density at radius 3 is 2.74 bits per heavy atom. The van der Waals surface area contributed by atoms with Crippen molar-refractivity contribution in [3.63, 3.8) is 0 Å². The first-order valence-electron chi connectivity index (χ1n) is 9.57. The van der Waals surface area contributed by atoms with Crippen LogP contribution < -0.4 is 16.0 Å². The van der Waals surface area contributed by atoms with Crippen molar-refractivity contribution in [3.8, 4) is 10.7 Å². The number of thiophene rings is 1. The summed E-state index contributed by atoms with van der Waals surface area (Å²) in [5, 5.41) is 12.3. The molecule has 2 fully saturated rings. The molecular weight excluding hydrogens is 420 g/mol. The zero-order chi connectivity index (χ0) is 21.7.